The second kappa shape index (κ2) is 34.0. The van der Waals surface area contributed by atoms with Gasteiger partial charge in [0.25, 0.3) is 0 Å². The highest BCUT2D eigenvalue weighted by Crippen LogP contribution is 2.63. The van der Waals surface area contributed by atoms with Crippen LogP contribution in [0.3, 0.4) is 0 Å². The smallest absolute Gasteiger partial charge is 0.425 e. The number of imidazole rings is 4. The predicted molar refractivity (Wildman–Crippen MR) is 430 cm³/mol. The van der Waals surface area contributed by atoms with Gasteiger partial charge in [-0.05, 0) is 173 Å². The summed E-state index contributed by atoms with van der Waals surface area (Å²) in [5.74, 6) is 1.16. The van der Waals surface area contributed by atoms with Crippen LogP contribution in [0.2, 0.25) is 0 Å². The fraction of sp³-hybridized carbons (Fsp3) is 0.488. The number of fused-ring (bicyclic) bond motifs is 4. The molecule has 2 saturated heterocycles. The number of aromatic nitrogens is 8. The first-order chi connectivity index (χ1) is 55.8. The van der Waals surface area contributed by atoms with Gasteiger partial charge >= 0.3 is 24.4 Å². The quantitative estimate of drug-likeness (QED) is 0.0218. The molecule has 4 aliphatic carbocycles. The van der Waals surface area contributed by atoms with Crippen molar-refractivity contribution in [1.82, 2.24) is 81.2 Å². The number of hydrazine groups is 2. The number of rotatable bonds is 23. The number of hydrogen-bond donors (Lipinski definition) is 8. The van der Waals surface area contributed by atoms with Crippen molar-refractivity contribution in [3.63, 3.8) is 0 Å². The third-order valence-electron chi connectivity index (χ3n) is 25.1. The number of likely N-dealkylation sites (tertiary alicyclic amines) is 2. The number of H-pyrrole nitrogens is 4. The average molecular weight is 1590 g/mol. The van der Waals surface area contributed by atoms with E-state index < -0.39 is 60.4 Å². The van der Waals surface area contributed by atoms with Gasteiger partial charge in [-0.1, -0.05) is 88.4 Å². The van der Waals surface area contributed by atoms with E-state index in [4.69, 9.17) is 48.4 Å². The molecule has 6 aliphatic rings. The minimum Gasteiger partial charge on any atom is -0.496 e. The van der Waals surface area contributed by atoms with Crippen molar-refractivity contribution >= 4 is 48.0 Å². The molecule has 6 fully saturated rings. The minimum atomic E-state index is -0.933. The van der Waals surface area contributed by atoms with Gasteiger partial charge in [0.15, 0.2) is 0 Å². The first-order valence-electron chi connectivity index (χ1n) is 40.3. The molecule has 614 valence electrons. The van der Waals surface area contributed by atoms with Crippen LogP contribution in [-0.4, -0.2) is 188 Å². The molecule has 0 spiro atoms. The molecule has 8 aromatic rings. The molecule has 9 unspecified atom stereocenters. The van der Waals surface area contributed by atoms with Crippen molar-refractivity contribution in [2.24, 2.45) is 59.2 Å². The third-order valence-corrected chi connectivity index (χ3v) is 25.1. The van der Waals surface area contributed by atoms with Gasteiger partial charge in [0.1, 0.15) is 46.9 Å². The van der Waals surface area contributed by atoms with Crippen molar-refractivity contribution in [3.8, 4) is 78.8 Å². The van der Waals surface area contributed by atoms with E-state index in [0.717, 1.165) is 93.1 Å². The number of carbonyl (C=O) groups is 8. The van der Waals surface area contributed by atoms with E-state index in [1.165, 1.54) is 38.5 Å². The number of alkyl carbamates (subject to hydrolysis) is 2. The van der Waals surface area contributed by atoms with Crippen LogP contribution < -0.4 is 31.0 Å². The number of hydrogen-bond acceptors (Lipinski definition) is 18. The Bertz CT molecular complexity index is 4930. The molecule has 116 heavy (non-hydrogen) atoms. The SMILES string of the molecule is COC(=O)N[C@H](C(=O)N1CCC[C@H]1c1ncc(-c2ccc(-c3ccc(-c4cnc([C@@H]5C6CC(CC6C6C[C@@H](c7ncc(-c8ccc(-c9ccc(-c%10cnc(C%11C%12CCC(C%12)C%11C(=O)N(NC(=O)OC)C(C)C)[nH]%10)cc9)c(OC)c8)[nH]7)N(C(=O)[C@@H](NC(=O)OC)C(C)C)C6)C5C(=O)N(NC(=O)OC)C(C)C)[nH]4)cc3)c(OC)c2)[nH]1)C(C)C. The van der Waals surface area contributed by atoms with Crippen LogP contribution in [0, 0.1) is 59.2 Å². The highest BCUT2D eigenvalue weighted by Gasteiger charge is 2.61. The maximum Gasteiger partial charge on any atom is 0.425 e. The molecule has 30 heteroatoms. The first kappa shape index (κ1) is 80.9. The van der Waals surface area contributed by atoms with E-state index in [2.05, 4.69) is 41.4 Å². The van der Waals surface area contributed by atoms with Gasteiger partial charge in [-0.15, -0.1) is 0 Å². The maximum absolute atomic E-state index is 15.3. The minimum absolute atomic E-state index is 0.00478. The van der Waals surface area contributed by atoms with E-state index in [-0.39, 0.29) is 94.9 Å². The average Bonchev–Trinajstić information content (AvgIpc) is 1.57. The number of aromatic amines is 4. The second-order valence-corrected chi connectivity index (χ2v) is 32.9. The van der Waals surface area contributed by atoms with E-state index in [1.807, 2.05) is 151 Å². The van der Waals surface area contributed by atoms with Crippen molar-refractivity contribution < 1.29 is 66.8 Å². The van der Waals surface area contributed by atoms with Crippen molar-refractivity contribution in [3.05, 3.63) is 133 Å². The number of methoxy groups -OCH3 is 6. The summed E-state index contributed by atoms with van der Waals surface area (Å²) >= 11 is 0. The predicted octanol–water partition coefficient (Wildman–Crippen LogP) is 13.1. The van der Waals surface area contributed by atoms with E-state index in [1.54, 1.807) is 37.7 Å². The second-order valence-electron chi connectivity index (χ2n) is 32.9. The fourth-order valence-corrected chi connectivity index (χ4v) is 19.4. The summed E-state index contributed by atoms with van der Waals surface area (Å²) in [5.41, 5.74) is 15.3. The van der Waals surface area contributed by atoms with Crippen LogP contribution in [0.1, 0.15) is 154 Å². The number of nitrogens with one attached hydrogen (secondary N) is 8. The molecule has 0 radical (unpaired) electrons. The van der Waals surface area contributed by atoms with Gasteiger partial charge in [0.05, 0.1) is 114 Å². The Kier molecular flexibility index (Phi) is 23.7. The monoisotopic (exact) mass is 1590 g/mol. The molecule has 14 rings (SSSR count). The molecule has 8 N–H and O–H groups in total. The van der Waals surface area contributed by atoms with E-state index in [0.29, 0.717) is 73.4 Å². The lowest BCUT2D eigenvalue weighted by atomic mass is 9.68. The molecule has 2 aliphatic heterocycles. The first-order valence-corrected chi connectivity index (χ1v) is 40.3. The Labute approximate surface area is 674 Å². The summed E-state index contributed by atoms with van der Waals surface area (Å²) in [7, 11) is 8.35. The zero-order valence-corrected chi connectivity index (χ0v) is 68.1. The Hall–Kier alpha value is -11.7. The molecule has 4 bridgehead atoms. The van der Waals surface area contributed by atoms with E-state index >= 15 is 9.59 Å². The summed E-state index contributed by atoms with van der Waals surface area (Å²) in [6.07, 6.45) is 10.6. The maximum atomic E-state index is 15.3. The Morgan fingerprint density at radius 3 is 1.29 bits per heavy atom. The molecule has 6 heterocycles. The summed E-state index contributed by atoms with van der Waals surface area (Å²) in [4.78, 5) is 147. The molecular formula is C86H106N16O14. The van der Waals surface area contributed by atoms with E-state index in [9.17, 15) is 28.8 Å². The lowest BCUT2D eigenvalue weighted by molar-refractivity contribution is -0.144. The van der Waals surface area contributed by atoms with Gasteiger partial charge in [-0.2, -0.15) is 0 Å². The van der Waals surface area contributed by atoms with Crippen molar-refractivity contribution in [1.29, 1.82) is 0 Å². The van der Waals surface area contributed by atoms with Gasteiger partial charge < -0.3 is 68.8 Å². The summed E-state index contributed by atoms with van der Waals surface area (Å²) < 4.78 is 31.9. The molecule has 8 amide bonds. The Morgan fingerprint density at radius 1 is 0.422 bits per heavy atom. The zero-order chi connectivity index (χ0) is 82.2. The molecule has 30 nitrogen and oxygen atoms in total. The molecule has 4 aromatic heterocycles. The molecule has 4 saturated carbocycles. The fourth-order valence-electron chi connectivity index (χ4n) is 19.4. The number of nitrogens with zero attached hydrogens (tertiary/aromatic N) is 8. The Morgan fingerprint density at radius 2 is 0.828 bits per heavy atom. The van der Waals surface area contributed by atoms with Crippen LogP contribution >= 0.6 is 0 Å². The number of amides is 8. The highest BCUT2D eigenvalue weighted by molar-refractivity contribution is 5.89. The molecule has 4 aromatic carbocycles. The lowest BCUT2D eigenvalue weighted by Gasteiger charge is -2.39. The summed E-state index contributed by atoms with van der Waals surface area (Å²) in [6.45, 7) is 15.8. The summed E-state index contributed by atoms with van der Waals surface area (Å²) in [6, 6.07) is 24.9. The van der Waals surface area contributed by atoms with Crippen LogP contribution in [0.4, 0.5) is 19.2 Å². The van der Waals surface area contributed by atoms with Gasteiger partial charge in [0.2, 0.25) is 23.6 Å². The van der Waals surface area contributed by atoms with Crippen molar-refractivity contribution in [2.75, 3.05) is 55.7 Å². The van der Waals surface area contributed by atoms with Crippen molar-refractivity contribution in [2.45, 2.75) is 155 Å². The van der Waals surface area contributed by atoms with Gasteiger partial charge in [0, 0.05) is 59.3 Å². The third kappa shape index (κ3) is 15.8. The van der Waals surface area contributed by atoms with Crippen LogP contribution in [-0.2, 0) is 38.1 Å². The standard InChI is InChI=1S/C86H106N16O14/c1-43(2)73(95-83(107)113-11)81(105)99-31-15-16-65(99)75-87-40-63(91-75)51-27-29-57(67(36-51)111-9)48-19-23-50(24-20-48)62-39-90-78(94-62)72-60-34-55(71(72)80(104)102(46(7)8)98-86(110)116-14)33-59(60)56-35-66(100(42-56)82(106)74(44(3)4)96-84(108)114-12)76-88-41-64(92-76)52-28-30-58(68(37-52)112-10)47-17-21-49(22-18-47)61-38-89-77(93-61)69-53-25-26-54(32-53)70(69)79(103)101(45(5)6)97-85(109)115-13/h17-24,27-30,36-41,43-46,53-56,59-60,65-66,69-74H,15-16,25-26,31-35,42H2,1-14H3,(H,87,91)(H,88,92)(H,89,93)(H,90,94)(H,95,107)(H,96,108)(H,97,109)(H,98,110)/t53?,54?,55?,56?,59?,60?,65-,66-,69?,70?,71?,72+,73-,74-/m0/s1. The topological polar surface area (TPSA) is 368 Å². The van der Waals surface area contributed by atoms with Crippen LogP contribution in [0.25, 0.3) is 67.3 Å². The zero-order valence-electron chi connectivity index (χ0n) is 68.1. The Balaban J connectivity index is 0.704. The highest BCUT2D eigenvalue weighted by atomic mass is 16.6. The molecule has 14 atom stereocenters. The van der Waals surface area contributed by atoms with Crippen LogP contribution in [0.15, 0.2) is 110 Å². The van der Waals surface area contributed by atoms with Crippen LogP contribution in [0.5, 0.6) is 11.5 Å². The normalized spacial score (nSPS) is 23.1. The summed E-state index contributed by atoms with van der Waals surface area (Å²) in [5, 5.41) is 8.31. The largest absolute Gasteiger partial charge is 0.496 e. The molecular weight excluding hydrogens is 1480 g/mol. The lowest BCUT2D eigenvalue weighted by Crippen LogP contribution is -2.54. The number of benzene rings is 4. The number of carbonyl (C=O) groups excluding carboxylic acids is 8. The number of ether oxygens (including phenoxy) is 6. The van der Waals surface area contributed by atoms with Gasteiger partial charge in [-0.25, -0.2) is 60.0 Å². The van der Waals surface area contributed by atoms with Gasteiger partial charge in [-0.3, -0.25) is 19.2 Å².